The van der Waals surface area contributed by atoms with Gasteiger partial charge in [0.2, 0.25) is 0 Å². The number of hydrogen-bond acceptors (Lipinski definition) is 2. The van der Waals surface area contributed by atoms with Crippen molar-refractivity contribution < 1.29 is 14.7 Å². The van der Waals surface area contributed by atoms with Crippen molar-refractivity contribution in [1.82, 2.24) is 0 Å². The molecule has 0 bridgehead atoms. The van der Waals surface area contributed by atoms with Crippen LogP contribution in [-0.4, -0.2) is 16.9 Å². The van der Waals surface area contributed by atoms with Gasteiger partial charge in [0.1, 0.15) is 0 Å². The number of halogens is 2. The number of rotatable bonds is 10. The Morgan fingerprint density at radius 2 is 1.33 bits per heavy atom. The molecule has 0 amide bonds. The predicted molar refractivity (Wildman–Crippen MR) is 136 cm³/mol. The van der Waals surface area contributed by atoms with Gasteiger partial charge in [-0.25, -0.2) is 0 Å². The third-order valence-corrected chi connectivity index (χ3v) is 6.01. The van der Waals surface area contributed by atoms with E-state index in [0.717, 1.165) is 16.7 Å². The first-order valence-electron chi connectivity index (χ1n) is 10.6. The Morgan fingerprint density at radius 3 is 1.88 bits per heavy atom. The summed E-state index contributed by atoms with van der Waals surface area (Å²) in [5.41, 5.74) is 1.57. The topological polar surface area (TPSA) is 54.4 Å². The van der Waals surface area contributed by atoms with Crippen LogP contribution in [0.15, 0.2) is 91.0 Å². The molecule has 33 heavy (non-hydrogen) atoms. The fraction of sp³-hybridized carbons (Fsp3) is 0.143. The monoisotopic (exact) mass is 478 g/mol. The number of hydrogen-bond donors (Lipinski definition) is 1. The summed E-state index contributed by atoms with van der Waals surface area (Å²) in [7, 11) is 0. The van der Waals surface area contributed by atoms with Crippen molar-refractivity contribution in [3.8, 4) is 0 Å². The quantitative estimate of drug-likeness (QED) is 0.307. The lowest BCUT2D eigenvalue weighted by Crippen LogP contribution is -2.35. The second kappa shape index (κ2) is 11.6. The Bertz CT molecular complexity index is 1130. The van der Waals surface area contributed by atoms with Gasteiger partial charge in [-0.2, -0.15) is 0 Å². The number of carboxylic acid groups (broad SMARTS) is 1. The van der Waals surface area contributed by atoms with Gasteiger partial charge in [-0.05, 0) is 59.9 Å². The number of aliphatic carboxylic acids is 1. The van der Waals surface area contributed by atoms with Gasteiger partial charge in [-0.3, -0.25) is 9.59 Å². The molecule has 0 aliphatic heterocycles. The van der Waals surface area contributed by atoms with Crippen molar-refractivity contribution in [2.75, 3.05) is 0 Å². The summed E-state index contributed by atoms with van der Waals surface area (Å²) < 4.78 is 0. The van der Waals surface area contributed by atoms with Crippen LogP contribution < -0.4 is 0 Å². The van der Waals surface area contributed by atoms with E-state index in [1.807, 2.05) is 66.7 Å². The zero-order valence-corrected chi connectivity index (χ0v) is 19.5. The van der Waals surface area contributed by atoms with E-state index in [2.05, 4.69) is 0 Å². The average Bonchev–Trinajstić information content (AvgIpc) is 2.82. The molecule has 0 radical (unpaired) electrons. The summed E-state index contributed by atoms with van der Waals surface area (Å²) in [6.07, 6.45) is 7.54. The number of ketones is 1. The van der Waals surface area contributed by atoms with Crippen molar-refractivity contribution in [1.29, 1.82) is 0 Å². The Kier molecular flexibility index (Phi) is 8.65. The molecule has 0 spiro atoms. The van der Waals surface area contributed by atoms with Crippen molar-refractivity contribution in [3.63, 3.8) is 0 Å². The number of carbonyl (C=O) groups is 2. The molecule has 0 aromatic heterocycles. The molecule has 3 nitrogen and oxygen atoms in total. The maximum atomic E-state index is 13.6. The largest absolute Gasteiger partial charge is 0.481 e. The Morgan fingerprint density at radius 1 is 0.788 bits per heavy atom. The molecule has 1 atom stereocenters. The summed E-state index contributed by atoms with van der Waals surface area (Å²) in [6.45, 7) is 0. The molecule has 0 aliphatic rings. The maximum Gasteiger partial charge on any atom is 0.303 e. The van der Waals surface area contributed by atoms with E-state index in [4.69, 9.17) is 23.2 Å². The van der Waals surface area contributed by atoms with E-state index in [-0.39, 0.29) is 18.6 Å². The van der Waals surface area contributed by atoms with Crippen LogP contribution in [0.4, 0.5) is 0 Å². The van der Waals surface area contributed by atoms with Crippen LogP contribution in [0.2, 0.25) is 10.0 Å². The average molecular weight is 479 g/mol. The van der Waals surface area contributed by atoms with Crippen molar-refractivity contribution >= 4 is 47.1 Å². The molecule has 0 saturated heterocycles. The highest BCUT2D eigenvalue weighted by atomic mass is 35.5. The molecule has 0 saturated carbocycles. The van der Waals surface area contributed by atoms with Crippen molar-refractivity contribution in [2.24, 2.45) is 0 Å². The van der Waals surface area contributed by atoms with Gasteiger partial charge >= 0.3 is 5.97 Å². The summed E-state index contributed by atoms with van der Waals surface area (Å²) in [6, 6.07) is 23.9. The third-order valence-electron chi connectivity index (χ3n) is 5.51. The molecule has 3 rings (SSSR count). The van der Waals surface area contributed by atoms with Gasteiger partial charge in [0.25, 0.3) is 0 Å². The standard InChI is InChI=1S/C28H24Cl2O3/c29-24-13-8-21(9-14-24)5-4-19-28(20-18-27(32)33,23-6-2-1-3-7-23)26(31)17-12-22-10-15-25(30)16-11-22/h1-17H,18-20H2,(H,32,33). The number of carboxylic acids is 1. The first-order valence-corrected chi connectivity index (χ1v) is 11.3. The predicted octanol–water partition coefficient (Wildman–Crippen LogP) is 7.48. The van der Waals surface area contributed by atoms with Crippen molar-refractivity contribution in [3.05, 3.63) is 118 Å². The molecule has 1 unspecified atom stereocenters. The number of carbonyl (C=O) groups excluding carboxylic acids is 1. The van der Waals surface area contributed by atoms with Gasteiger partial charge in [0.05, 0.1) is 5.41 Å². The summed E-state index contributed by atoms with van der Waals surface area (Å²) in [5, 5.41) is 10.7. The normalized spacial score (nSPS) is 13.3. The molecule has 5 heteroatoms. The second-order valence-electron chi connectivity index (χ2n) is 7.75. The Hall–Kier alpha value is -3.14. The summed E-state index contributed by atoms with van der Waals surface area (Å²) in [4.78, 5) is 25.1. The molecular formula is C28H24Cl2O3. The molecule has 3 aromatic carbocycles. The molecular weight excluding hydrogens is 455 g/mol. The van der Waals surface area contributed by atoms with Crippen LogP contribution in [0.25, 0.3) is 12.2 Å². The lowest BCUT2D eigenvalue weighted by atomic mass is 9.70. The smallest absolute Gasteiger partial charge is 0.303 e. The zero-order valence-electron chi connectivity index (χ0n) is 18.0. The van der Waals surface area contributed by atoms with Crippen LogP contribution >= 0.6 is 23.2 Å². The highest BCUT2D eigenvalue weighted by molar-refractivity contribution is 6.30. The Balaban J connectivity index is 1.97. The first kappa shape index (κ1) is 24.5. The van der Waals surface area contributed by atoms with Crippen LogP contribution in [0.5, 0.6) is 0 Å². The lowest BCUT2D eigenvalue weighted by molar-refractivity contribution is -0.137. The fourth-order valence-corrected chi connectivity index (χ4v) is 3.94. The van der Waals surface area contributed by atoms with E-state index >= 15 is 0 Å². The van der Waals surface area contributed by atoms with Gasteiger partial charge < -0.3 is 5.11 Å². The highest BCUT2D eigenvalue weighted by Gasteiger charge is 2.37. The fourth-order valence-electron chi connectivity index (χ4n) is 3.68. The first-order chi connectivity index (χ1) is 15.9. The highest BCUT2D eigenvalue weighted by Crippen LogP contribution is 2.36. The summed E-state index contributed by atoms with van der Waals surface area (Å²) >= 11 is 11.9. The SMILES string of the molecule is O=C(O)CCC(CC=Cc1ccc(Cl)cc1)(C(=O)C=Cc1ccc(Cl)cc1)c1ccccc1. The minimum atomic E-state index is -1.01. The molecule has 3 aromatic rings. The van der Waals surface area contributed by atoms with Gasteiger partial charge in [0.15, 0.2) is 5.78 Å². The number of allylic oxidation sites excluding steroid dienone is 2. The second-order valence-corrected chi connectivity index (χ2v) is 8.62. The molecule has 1 N–H and O–H groups in total. The maximum absolute atomic E-state index is 13.6. The van der Waals surface area contributed by atoms with E-state index in [1.165, 1.54) is 6.08 Å². The van der Waals surface area contributed by atoms with E-state index in [1.54, 1.807) is 30.3 Å². The molecule has 0 heterocycles. The van der Waals surface area contributed by atoms with Crippen LogP contribution in [-0.2, 0) is 15.0 Å². The number of benzene rings is 3. The van der Waals surface area contributed by atoms with E-state index < -0.39 is 11.4 Å². The van der Waals surface area contributed by atoms with Crippen molar-refractivity contribution in [2.45, 2.75) is 24.7 Å². The third kappa shape index (κ3) is 6.92. The van der Waals surface area contributed by atoms with E-state index in [9.17, 15) is 14.7 Å². The van der Waals surface area contributed by atoms with Gasteiger partial charge in [-0.15, -0.1) is 0 Å². The summed E-state index contributed by atoms with van der Waals surface area (Å²) in [5.74, 6) is -1.09. The zero-order chi connectivity index (χ0) is 23.7. The van der Waals surface area contributed by atoms with Crippen LogP contribution in [0.1, 0.15) is 36.0 Å². The molecule has 168 valence electrons. The van der Waals surface area contributed by atoms with Gasteiger partial charge in [0, 0.05) is 16.5 Å². The van der Waals surface area contributed by atoms with Crippen LogP contribution in [0.3, 0.4) is 0 Å². The minimum absolute atomic E-state index is 0.121. The van der Waals surface area contributed by atoms with Crippen LogP contribution in [0, 0.1) is 0 Å². The minimum Gasteiger partial charge on any atom is -0.481 e. The lowest BCUT2D eigenvalue weighted by Gasteiger charge is -2.31. The molecule has 0 fully saturated rings. The van der Waals surface area contributed by atoms with Gasteiger partial charge in [-0.1, -0.05) is 96.0 Å². The molecule has 0 aliphatic carbocycles. The Labute approximate surface area is 204 Å². The van der Waals surface area contributed by atoms with E-state index in [0.29, 0.717) is 16.5 Å².